The minimum absolute atomic E-state index is 0.113. The fourth-order valence-electron chi connectivity index (χ4n) is 1.48. The first-order valence-corrected chi connectivity index (χ1v) is 8.42. The van der Waals surface area contributed by atoms with Crippen molar-refractivity contribution in [3.63, 3.8) is 0 Å². The molecule has 0 saturated carbocycles. The van der Waals surface area contributed by atoms with Crippen LogP contribution in [0.4, 0.5) is 0 Å². The van der Waals surface area contributed by atoms with Crippen LogP contribution >= 0.6 is 22.9 Å². The fraction of sp³-hybridized carbons (Fsp3) is 0.636. The molecule has 0 saturated heterocycles. The van der Waals surface area contributed by atoms with Gasteiger partial charge in [0, 0.05) is 22.7 Å². The number of hydrogen-bond donors (Lipinski definition) is 0. The first-order chi connectivity index (χ1) is 7.88. The van der Waals surface area contributed by atoms with Gasteiger partial charge >= 0.3 is 0 Å². The average Bonchev–Trinajstić information content (AvgIpc) is 2.71. The minimum Gasteiger partial charge on any atom is -0.212 e. The summed E-state index contributed by atoms with van der Waals surface area (Å²) in [6.07, 6.45) is 0.490. The number of aryl methyl sites for hydroxylation is 1. The second kappa shape index (κ2) is 6.18. The predicted octanol–water partition coefficient (Wildman–Crippen LogP) is 3.01. The van der Waals surface area contributed by atoms with E-state index in [1.807, 2.05) is 26.0 Å². The Labute approximate surface area is 112 Å². The highest BCUT2D eigenvalue weighted by atomic mass is 35.5. The summed E-state index contributed by atoms with van der Waals surface area (Å²) in [5.41, 5.74) is 0. The lowest BCUT2D eigenvalue weighted by atomic mass is 10.3. The zero-order valence-electron chi connectivity index (χ0n) is 10.3. The van der Waals surface area contributed by atoms with Crippen molar-refractivity contribution >= 4 is 33.0 Å². The SMILES string of the molecule is Cc1ccc(C(C)N(C)S(=O)(=O)CCCCl)s1. The largest absolute Gasteiger partial charge is 0.214 e. The summed E-state index contributed by atoms with van der Waals surface area (Å²) < 4.78 is 25.4. The van der Waals surface area contributed by atoms with Gasteiger partial charge in [-0.3, -0.25) is 0 Å². The molecule has 1 aromatic rings. The zero-order chi connectivity index (χ0) is 13.1. The van der Waals surface area contributed by atoms with E-state index < -0.39 is 10.0 Å². The van der Waals surface area contributed by atoms with E-state index in [4.69, 9.17) is 11.6 Å². The van der Waals surface area contributed by atoms with Gasteiger partial charge in [-0.05, 0) is 32.4 Å². The van der Waals surface area contributed by atoms with Crippen LogP contribution in [-0.2, 0) is 10.0 Å². The Bertz CT molecular complexity index is 456. The maximum atomic E-state index is 12.0. The van der Waals surface area contributed by atoms with Gasteiger partial charge in [0.1, 0.15) is 0 Å². The quantitative estimate of drug-likeness (QED) is 0.757. The molecule has 0 N–H and O–H groups in total. The molecule has 0 fully saturated rings. The van der Waals surface area contributed by atoms with E-state index >= 15 is 0 Å². The van der Waals surface area contributed by atoms with E-state index in [2.05, 4.69) is 0 Å². The molecule has 0 aliphatic heterocycles. The van der Waals surface area contributed by atoms with Gasteiger partial charge in [0.15, 0.2) is 0 Å². The van der Waals surface area contributed by atoms with Gasteiger partial charge in [0.25, 0.3) is 0 Å². The highest BCUT2D eigenvalue weighted by Crippen LogP contribution is 2.28. The summed E-state index contributed by atoms with van der Waals surface area (Å²) in [6.45, 7) is 3.92. The molecule has 0 spiro atoms. The Morgan fingerprint density at radius 1 is 1.47 bits per heavy atom. The van der Waals surface area contributed by atoms with Crippen LogP contribution in [0.5, 0.6) is 0 Å². The summed E-state index contributed by atoms with van der Waals surface area (Å²) in [4.78, 5) is 2.26. The normalized spacial score (nSPS) is 14.2. The average molecular weight is 296 g/mol. The first kappa shape index (κ1) is 15.0. The van der Waals surface area contributed by atoms with E-state index in [1.54, 1.807) is 18.4 Å². The van der Waals surface area contributed by atoms with Crippen LogP contribution in [0.25, 0.3) is 0 Å². The van der Waals surface area contributed by atoms with Gasteiger partial charge < -0.3 is 0 Å². The monoisotopic (exact) mass is 295 g/mol. The number of alkyl halides is 1. The molecule has 1 unspecified atom stereocenters. The molecule has 1 aromatic heterocycles. The number of hydrogen-bond acceptors (Lipinski definition) is 3. The van der Waals surface area contributed by atoms with Crippen LogP contribution < -0.4 is 0 Å². The zero-order valence-corrected chi connectivity index (χ0v) is 12.7. The molecule has 1 heterocycles. The topological polar surface area (TPSA) is 37.4 Å². The molecule has 98 valence electrons. The van der Waals surface area contributed by atoms with Gasteiger partial charge in [0.05, 0.1) is 11.8 Å². The summed E-state index contributed by atoms with van der Waals surface area (Å²) in [5, 5.41) is 0. The second-order valence-corrected chi connectivity index (χ2v) is 7.84. The van der Waals surface area contributed by atoms with Crippen LogP contribution in [0, 0.1) is 6.92 Å². The Balaban J connectivity index is 2.79. The van der Waals surface area contributed by atoms with Crippen molar-refractivity contribution in [3.05, 3.63) is 21.9 Å². The summed E-state index contributed by atoms with van der Waals surface area (Å²) in [7, 11) is -1.58. The van der Waals surface area contributed by atoms with Crippen molar-refractivity contribution in [2.45, 2.75) is 26.3 Å². The summed E-state index contributed by atoms with van der Waals surface area (Å²) in [6, 6.07) is 3.88. The van der Waals surface area contributed by atoms with Crippen LogP contribution in [0.2, 0.25) is 0 Å². The van der Waals surface area contributed by atoms with Crippen molar-refractivity contribution in [2.24, 2.45) is 0 Å². The third kappa shape index (κ3) is 3.95. The minimum atomic E-state index is -3.21. The van der Waals surface area contributed by atoms with Gasteiger partial charge in [-0.15, -0.1) is 22.9 Å². The first-order valence-electron chi connectivity index (χ1n) is 5.46. The Kier molecular flexibility index (Phi) is 5.44. The molecule has 0 aromatic carbocycles. The van der Waals surface area contributed by atoms with Crippen LogP contribution in [-0.4, -0.2) is 31.4 Å². The van der Waals surface area contributed by atoms with Gasteiger partial charge in [-0.1, -0.05) is 0 Å². The van der Waals surface area contributed by atoms with Crippen LogP contribution in [0.15, 0.2) is 12.1 Å². The van der Waals surface area contributed by atoms with E-state index in [9.17, 15) is 8.42 Å². The second-order valence-electron chi connectivity index (χ2n) is 4.00. The molecule has 17 heavy (non-hydrogen) atoms. The lowest BCUT2D eigenvalue weighted by Gasteiger charge is -2.23. The van der Waals surface area contributed by atoms with E-state index in [0.717, 1.165) is 4.88 Å². The third-order valence-corrected chi connectivity index (χ3v) is 6.13. The number of halogens is 1. The lowest BCUT2D eigenvalue weighted by Crippen LogP contribution is -2.31. The Morgan fingerprint density at radius 3 is 2.59 bits per heavy atom. The molecule has 0 aliphatic rings. The van der Waals surface area contributed by atoms with Crippen LogP contribution in [0.3, 0.4) is 0 Å². The molecule has 0 aliphatic carbocycles. The molecule has 0 bridgehead atoms. The highest BCUT2D eigenvalue weighted by Gasteiger charge is 2.24. The maximum absolute atomic E-state index is 12.0. The number of nitrogens with zero attached hydrogens (tertiary/aromatic N) is 1. The van der Waals surface area contributed by atoms with E-state index in [0.29, 0.717) is 12.3 Å². The standard InChI is InChI=1S/C11H18ClNO2S2/c1-9-5-6-11(16-9)10(2)13(3)17(14,15)8-4-7-12/h5-6,10H,4,7-8H2,1-3H3. The number of rotatable bonds is 6. The summed E-state index contributed by atoms with van der Waals surface area (Å²) >= 11 is 7.16. The molecular formula is C11H18ClNO2S2. The Morgan fingerprint density at radius 2 is 2.12 bits per heavy atom. The van der Waals surface area contributed by atoms with E-state index in [1.165, 1.54) is 9.18 Å². The molecule has 1 rings (SSSR count). The fourth-order valence-corrected chi connectivity index (χ4v) is 4.20. The molecular weight excluding hydrogens is 278 g/mol. The van der Waals surface area contributed by atoms with Crippen molar-refractivity contribution in [1.82, 2.24) is 4.31 Å². The van der Waals surface area contributed by atoms with Crippen molar-refractivity contribution in [3.8, 4) is 0 Å². The van der Waals surface area contributed by atoms with Gasteiger partial charge in [-0.2, -0.15) is 4.31 Å². The Hall–Kier alpha value is -0.100. The smallest absolute Gasteiger partial charge is 0.212 e. The summed E-state index contributed by atoms with van der Waals surface area (Å²) in [5.74, 6) is 0.487. The maximum Gasteiger partial charge on any atom is 0.214 e. The van der Waals surface area contributed by atoms with E-state index in [-0.39, 0.29) is 11.8 Å². The number of thiophene rings is 1. The molecule has 3 nitrogen and oxygen atoms in total. The van der Waals surface area contributed by atoms with Crippen molar-refractivity contribution in [1.29, 1.82) is 0 Å². The predicted molar refractivity (Wildman–Crippen MR) is 74.4 cm³/mol. The molecule has 6 heteroatoms. The molecule has 0 amide bonds. The van der Waals surface area contributed by atoms with Crippen molar-refractivity contribution < 1.29 is 8.42 Å². The van der Waals surface area contributed by atoms with Gasteiger partial charge in [-0.25, -0.2) is 8.42 Å². The van der Waals surface area contributed by atoms with Crippen LogP contribution in [0.1, 0.15) is 29.1 Å². The van der Waals surface area contributed by atoms with Gasteiger partial charge in [0.2, 0.25) is 10.0 Å². The van der Waals surface area contributed by atoms with Crippen molar-refractivity contribution in [2.75, 3.05) is 18.7 Å². The highest BCUT2D eigenvalue weighted by molar-refractivity contribution is 7.89. The number of sulfonamides is 1. The molecule has 0 radical (unpaired) electrons. The lowest BCUT2D eigenvalue weighted by molar-refractivity contribution is 0.402. The molecule has 1 atom stereocenters. The third-order valence-electron chi connectivity index (χ3n) is 2.69.